The molecule has 0 aromatic heterocycles. The standard InChI is InChI=1S/C13H20O5/c1-3-10(12(15)17-4-2)13(16)18-11(14)9-7-5-6-8-9/h9-10H,3-8H2,1-2H3. The molecule has 1 saturated carbocycles. The minimum absolute atomic E-state index is 0.186. The first-order valence-electron chi connectivity index (χ1n) is 6.52. The normalized spacial score (nSPS) is 17.2. The van der Waals surface area contributed by atoms with Gasteiger partial charge in [-0.2, -0.15) is 0 Å². The van der Waals surface area contributed by atoms with Crippen molar-refractivity contribution in [2.75, 3.05) is 6.61 Å². The van der Waals surface area contributed by atoms with Gasteiger partial charge in [0, 0.05) is 0 Å². The van der Waals surface area contributed by atoms with Crippen LogP contribution < -0.4 is 0 Å². The highest BCUT2D eigenvalue weighted by Gasteiger charge is 2.32. The van der Waals surface area contributed by atoms with Gasteiger partial charge in [0.15, 0.2) is 5.92 Å². The second-order valence-corrected chi connectivity index (χ2v) is 4.43. The Labute approximate surface area is 107 Å². The summed E-state index contributed by atoms with van der Waals surface area (Å²) < 4.78 is 9.55. The van der Waals surface area contributed by atoms with Crippen LogP contribution in [0.2, 0.25) is 0 Å². The third kappa shape index (κ3) is 3.82. The molecule has 0 aromatic carbocycles. The van der Waals surface area contributed by atoms with E-state index in [-0.39, 0.29) is 18.9 Å². The largest absolute Gasteiger partial charge is 0.465 e. The van der Waals surface area contributed by atoms with E-state index >= 15 is 0 Å². The molecule has 102 valence electrons. The van der Waals surface area contributed by atoms with E-state index in [2.05, 4.69) is 0 Å². The molecule has 0 amide bonds. The Bertz CT molecular complexity index is 317. The summed E-state index contributed by atoms with van der Waals surface area (Å²) in [6.07, 6.45) is 3.78. The zero-order valence-corrected chi connectivity index (χ0v) is 10.9. The SMILES string of the molecule is CCOC(=O)C(CC)C(=O)OC(=O)C1CCCC1. The number of rotatable bonds is 5. The van der Waals surface area contributed by atoms with Crippen LogP contribution in [0.1, 0.15) is 46.0 Å². The van der Waals surface area contributed by atoms with Gasteiger partial charge in [0.25, 0.3) is 0 Å². The van der Waals surface area contributed by atoms with Gasteiger partial charge in [-0.05, 0) is 26.2 Å². The molecular weight excluding hydrogens is 236 g/mol. The smallest absolute Gasteiger partial charge is 0.327 e. The number of hydrogen-bond donors (Lipinski definition) is 0. The van der Waals surface area contributed by atoms with Crippen molar-refractivity contribution < 1.29 is 23.9 Å². The first-order chi connectivity index (χ1) is 8.60. The zero-order valence-electron chi connectivity index (χ0n) is 10.9. The summed E-state index contributed by atoms with van der Waals surface area (Å²) in [6.45, 7) is 3.56. The Morgan fingerprint density at radius 3 is 2.22 bits per heavy atom. The first kappa shape index (κ1) is 14.7. The molecule has 0 N–H and O–H groups in total. The van der Waals surface area contributed by atoms with Crippen LogP contribution in [0.15, 0.2) is 0 Å². The van der Waals surface area contributed by atoms with Crippen LogP contribution in [0.25, 0.3) is 0 Å². The molecule has 5 nitrogen and oxygen atoms in total. The topological polar surface area (TPSA) is 69.7 Å². The summed E-state index contributed by atoms with van der Waals surface area (Å²) in [5.41, 5.74) is 0. The van der Waals surface area contributed by atoms with Crippen molar-refractivity contribution in [2.45, 2.75) is 46.0 Å². The highest BCUT2D eigenvalue weighted by atomic mass is 16.6. The van der Waals surface area contributed by atoms with E-state index in [1.165, 1.54) is 0 Å². The van der Waals surface area contributed by atoms with E-state index in [1.807, 2.05) is 0 Å². The zero-order chi connectivity index (χ0) is 13.5. The fraction of sp³-hybridized carbons (Fsp3) is 0.769. The van der Waals surface area contributed by atoms with Crippen molar-refractivity contribution in [3.05, 3.63) is 0 Å². The molecule has 18 heavy (non-hydrogen) atoms. The molecule has 0 radical (unpaired) electrons. The fourth-order valence-electron chi connectivity index (χ4n) is 2.09. The molecule has 1 unspecified atom stereocenters. The predicted octanol–water partition coefficient (Wildman–Crippen LogP) is 1.84. The number of carbonyl (C=O) groups is 3. The van der Waals surface area contributed by atoms with Crippen molar-refractivity contribution >= 4 is 17.9 Å². The summed E-state index contributed by atoms with van der Waals surface area (Å²) in [4.78, 5) is 34.9. The third-order valence-corrected chi connectivity index (χ3v) is 3.15. The van der Waals surface area contributed by atoms with Crippen molar-refractivity contribution in [3.8, 4) is 0 Å². The first-order valence-corrected chi connectivity index (χ1v) is 6.52. The van der Waals surface area contributed by atoms with E-state index in [1.54, 1.807) is 13.8 Å². The van der Waals surface area contributed by atoms with Crippen LogP contribution >= 0.6 is 0 Å². The van der Waals surface area contributed by atoms with Crippen LogP contribution in [0.3, 0.4) is 0 Å². The Morgan fingerprint density at radius 1 is 1.11 bits per heavy atom. The minimum Gasteiger partial charge on any atom is -0.465 e. The molecule has 0 aromatic rings. The Kier molecular flexibility index (Phi) is 5.82. The van der Waals surface area contributed by atoms with Gasteiger partial charge in [-0.3, -0.25) is 14.4 Å². The molecular formula is C13H20O5. The van der Waals surface area contributed by atoms with Gasteiger partial charge in [-0.1, -0.05) is 19.8 Å². The van der Waals surface area contributed by atoms with E-state index < -0.39 is 23.8 Å². The number of hydrogen-bond acceptors (Lipinski definition) is 5. The van der Waals surface area contributed by atoms with Gasteiger partial charge in [0.1, 0.15) is 0 Å². The molecule has 1 fully saturated rings. The molecule has 1 atom stereocenters. The molecule has 1 rings (SSSR count). The molecule has 0 saturated heterocycles. The van der Waals surface area contributed by atoms with Crippen molar-refractivity contribution in [3.63, 3.8) is 0 Å². The Hall–Kier alpha value is -1.39. The second-order valence-electron chi connectivity index (χ2n) is 4.43. The lowest BCUT2D eigenvalue weighted by Gasteiger charge is -2.13. The maximum Gasteiger partial charge on any atom is 0.327 e. The quantitative estimate of drug-likeness (QED) is 0.554. The lowest BCUT2D eigenvalue weighted by atomic mass is 10.1. The number of carbonyl (C=O) groups excluding carboxylic acids is 3. The maximum absolute atomic E-state index is 11.7. The molecule has 0 spiro atoms. The number of esters is 3. The van der Waals surface area contributed by atoms with Gasteiger partial charge in [-0.25, -0.2) is 0 Å². The van der Waals surface area contributed by atoms with Crippen LogP contribution in [-0.4, -0.2) is 24.5 Å². The maximum atomic E-state index is 11.7. The Morgan fingerprint density at radius 2 is 1.72 bits per heavy atom. The highest BCUT2D eigenvalue weighted by molar-refractivity contribution is 5.99. The van der Waals surface area contributed by atoms with Gasteiger partial charge >= 0.3 is 17.9 Å². The van der Waals surface area contributed by atoms with E-state index in [0.29, 0.717) is 0 Å². The van der Waals surface area contributed by atoms with E-state index in [9.17, 15) is 14.4 Å². The van der Waals surface area contributed by atoms with Crippen LogP contribution in [0.4, 0.5) is 0 Å². The number of ether oxygens (including phenoxy) is 2. The predicted molar refractivity (Wildman–Crippen MR) is 63.5 cm³/mol. The van der Waals surface area contributed by atoms with Crippen LogP contribution in [-0.2, 0) is 23.9 Å². The van der Waals surface area contributed by atoms with Gasteiger partial charge < -0.3 is 9.47 Å². The molecule has 1 aliphatic carbocycles. The lowest BCUT2D eigenvalue weighted by Crippen LogP contribution is -2.30. The van der Waals surface area contributed by atoms with Crippen molar-refractivity contribution in [1.82, 2.24) is 0 Å². The second kappa shape index (κ2) is 7.13. The molecule has 5 heteroatoms. The van der Waals surface area contributed by atoms with E-state index in [4.69, 9.17) is 9.47 Å². The molecule has 0 aliphatic heterocycles. The highest BCUT2D eigenvalue weighted by Crippen LogP contribution is 2.26. The Balaban J connectivity index is 2.51. The molecule has 0 heterocycles. The summed E-state index contributed by atoms with van der Waals surface area (Å²) in [5.74, 6) is -3.08. The molecule has 0 bridgehead atoms. The van der Waals surface area contributed by atoms with Crippen LogP contribution in [0, 0.1) is 11.8 Å². The monoisotopic (exact) mass is 256 g/mol. The minimum atomic E-state index is -0.990. The lowest BCUT2D eigenvalue weighted by molar-refractivity contribution is -0.170. The summed E-state index contributed by atoms with van der Waals surface area (Å²) in [7, 11) is 0. The average Bonchev–Trinajstić information content (AvgIpc) is 2.83. The summed E-state index contributed by atoms with van der Waals surface area (Å²) in [6, 6.07) is 0. The van der Waals surface area contributed by atoms with Crippen molar-refractivity contribution in [1.29, 1.82) is 0 Å². The van der Waals surface area contributed by atoms with Gasteiger partial charge in [-0.15, -0.1) is 0 Å². The van der Waals surface area contributed by atoms with Gasteiger partial charge in [0.2, 0.25) is 0 Å². The molecule has 1 aliphatic rings. The van der Waals surface area contributed by atoms with Gasteiger partial charge in [0.05, 0.1) is 12.5 Å². The van der Waals surface area contributed by atoms with Crippen molar-refractivity contribution in [2.24, 2.45) is 11.8 Å². The van der Waals surface area contributed by atoms with E-state index in [0.717, 1.165) is 25.7 Å². The summed E-state index contributed by atoms with van der Waals surface area (Å²) >= 11 is 0. The summed E-state index contributed by atoms with van der Waals surface area (Å²) in [5, 5.41) is 0. The van der Waals surface area contributed by atoms with Crippen LogP contribution in [0.5, 0.6) is 0 Å². The fourth-order valence-corrected chi connectivity index (χ4v) is 2.09. The third-order valence-electron chi connectivity index (χ3n) is 3.15. The average molecular weight is 256 g/mol.